The first kappa shape index (κ1) is 11.1. The topological polar surface area (TPSA) is 67.2 Å². The molecule has 0 aliphatic carbocycles. The molecule has 5 nitrogen and oxygen atoms in total. The van der Waals surface area contributed by atoms with Gasteiger partial charge in [0, 0.05) is 19.3 Å². The average Bonchev–Trinajstić information content (AvgIpc) is 2.69. The van der Waals surface area contributed by atoms with Gasteiger partial charge in [0.25, 0.3) is 5.91 Å². The van der Waals surface area contributed by atoms with Gasteiger partial charge in [0.05, 0.1) is 12.0 Å². The average molecular weight is 235 g/mol. The smallest absolute Gasteiger partial charge is 0.275 e. The molecule has 6 heteroatoms. The van der Waals surface area contributed by atoms with E-state index in [4.69, 9.17) is 5.11 Å². The van der Waals surface area contributed by atoms with E-state index in [0.717, 1.165) is 6.07 Å². The molecule has 1 heterocycles. The molecule has 1 aromatic heterocycles. The number of aryl methyl sites for hydroxylation is 1. The molecule has 1 aromatic carbocycles. The first-order valence-corrected chi connectivity index (χ1v) is 4.84. The van der Waals surface area contributed by atoms with E-state index < -0.39 is 11.7 Å². The molecular weight excluding hydrogens is 225 g/mol. The first-order chi connectivity index (χ1) is 8.06. The summed E-state index contributed by atoms with van der Waals surface area (Å²) in [6.45, 7) is 0. The number of nitrogens with one attached hydrogen (secondary N) is 1. The number of amides is 1. The molecule has 0 aliphatic rings. The second-order valence-electron chi connectivity index (χ2n) is 3.54. The molecule has 0 bridgehead atoms. The van der Waals surface area contributed by atoms with Gasteiger partial charge in [-0.2, -0.15) is 0 Å². The number of hydrogen-bond acceptors (Lipinski definition) is 3. The number of nitrogens with zero attached hydrogens (tertiary/aromatic N) is 2. The van der Waals surface area contributed by atoms with Crippen molar-refractivity contribution in [2.45, 2.75) is 0 Å². The molecule has 88 valence electrons. The summed E-state index contributed by atoms with van der Waals surface area (Å²) in [5.74, 6) is -1.40. The van der Waals surface area contributed by atoms with Crippen molar-refractivity contribution in [3.63, 3.8) is 0 Å². The minimum absolute atomic E-state index is 0.00143. The van der Waals surface area contributed by atoms with E-state index in [1.54, 1.807) is 11.6 Å². The molecule has 0 unspecified atom stereocenters. The molecule has 17 heavy (non-hydrogen) atoms. The van der Waals surface area contributed by atoms with Gasteiger partial charge in [-0.25, -0.2) is 9.37 Å². The van der Waals surface area contributed by atoms with E-state index in [-0.39, 0.29) is 17.1 Å². The number of hydrogen-bond donors (Lipinski definition) is 2. The standard InChI is InChI=1S/C11H10FN3O2/c1-15-5-10(13-6-15)11(17)14-9-3-2-7(16)4-8(9)12/h2-6,16H,1H3,(H,14,17). The van der Waals surface area contributed by atoms with Gasteiger partial charge in [-0.15, -0.1) is 0 Å². The molecule has 2 N–H and O–H groups in total. The maximum Gasteiger partial charge on any atom is 0.275 e. The van der Waals surface area contributed by atoms with Crippen LogP contribution in [0.3, 0.4) is 0 Å². The number of carbonyl (C=O) groups is 1. The van der Waals surface area contributed by atoms with E-state index in [9.17, 15) is 9.18 Å². The molecule has 0 radical (unpaired) electrons. The number of halogens is 1. The first-order valence-electron chi connectivity index (χ1n) is 4.84. The van der Waals surface area contributed by atoms with E-state index in [1.807, 2.05) is 0 Å². The number of aromatic hydroxyl groups is 1. The second kappa shape index (κ2) is 4.25. The predicted octanol–water partition coefficient (Wildman–Crippen LogP) is 1.52. The highest BCUT2D eigenvalue weighted by Gasteiger charge is 2.11. The number of phenolic OH excluding ortho intramolecular Hbond substituents is 1. The van der Waals surface area contributed by atoms with Gasteiger partial charge in [0.2, 0.25) is 0 Å². The summed E-state index contributed by atoms with van der Waals surface area (Å²) in [5.41, 5.74) is 0.193. The van der Waals surface area contributed by atoms with Crippen molar-refractivity contribution >= 4 is 11.6 Å². The SMILES string of the molecule is Cn1cnc(C(=O)Nc2ccc(O)cc2F)c1. The number of aromatic nitrogens is 2. The van der Waals surface area contributed by atoms with Gasteiger partial charge in [-0.05, 0) is 12.1 Å². The normalized spacial score (nSPS) is 10.2. The van der Waals surface area contributed by atoms with Gasteiger partial charge in [0.1, 0.15) is 17.3 Å². The van der Waals surface area contributed by atoms with Crippen LogP contribution in [0, 0.1) is 5.82 Å². The van der Waals surface area contributed by atoms with Crippen LogP contribution in [0.15, 0.2) is 30.7 Å². The molecule has 2 aromatic rings. The largest absolute Gasteiger partial charge is 0.508 e. The lowest BCUT2D eigenvalue weighted by molar-refractivity contribution is 0.102. The summed E-state index contributed by atoms with van der Waals surface area (Å²) in [5, 5.41) is 11.4. The van der Waals surface area contributed by atoms with Crippen LogP contribution in [-0.4, -0.2) is 20.6 Å². The van der Waals surface area contributed by atoms with Crippen LogP contribution >= 0.6 is 0 Å². The summed E-state index contributed by atoms with van der Waals surface area (Å²) >= 11 is 0. The van der Waals surface area contributed by atoms with Crippen LogP contribution in [0.1, 0.15) is 10.5 Å². The van der Waals surface area contributed by atoms with Crippen molar-refractivity contribution in [2.24, 2.45) is 7.05 Å². The number of anilines is 1. The van der Waals surface area contributed by atoms with Gasteiger partial charge >= 0.3 is 0 Å². The fourth-order valence-corrected chi connectivity index (χ4v) is 1.32. The summed E-state index contributed by atoms with van der Waals surface area (Å²) < 4.78 is 14.9. The van der Waals surface area contributed by atoms with Crippen LogP contribution < -0.4 is 5.32 Å². The molecule has 2 rings (SSSR count). The Labute approximate surface area is 96.5 Å². The number of rotatable bonds is 2. The summed E-state index contributed by atoms with van der Waals surface area (Å²) in [6.07, 6.45) is 3.00. The zero-order valence-electron chi connectivity index (χ0n) is 9.01. The van der Waals surface area contributed by atoms with Crippen LogP contribution in [0.2, 0.25) is 0 Å². The predicted molar refractivity (Wildman–Crippen MR) is 59.2 cm³/mol. The Hall–Kier alpha value is -2.37. The lowest BCUT2D eigenvalue weighted by Gasteiger charge is -2.04. The van der Waals surface area contributed by atoms with Crippen molar-refractivity contribution < 1.29 is 14.3 Å². The van der Waals surface area contributed by atoms with Crippen LogP contribution in [0.5, 0.6) is 5.75 Å². The Morgan fingerprint density at radius 2 is 2.29 bits per heavy atom. The van der Waals surface area contributed by atoms with Crippen molar-refractivity contribution in [3.05, 3.63) is 42.2 Å². The summed E-state index contributed by atoms with van der Waals surface area (Å²) in [6, 6.07) is 3.50. The molecule has 0 fully saturated rings. The third-order valence-electron chi connectivity index (χ3n) is 2.14. The number of carbonyl (C=O) groups excluding carboxylic acids is 1. The van der Waals surface area contributed by atoms with E-state index >= 15 is 0 Å². The van der Waals surface area contributed by atoms with Gasteiger partial charge in [-0.3, -0.25) is 4.79 Å². The third-order valence-corrected chi connectivity index (χ3v) is 2.14. The van der Waals surface area contributed by atoms with Crippen LogP contribution in [0.25, 0.3) is 0 Å². The van der Waals surface area contributed by atoms with Gasteiger partial charge in [-0.1, -0.05) is 0 Å². The minimum Gasteiger partial charge on any atom is -0.508 e. The molecule has 0 saturated carbocycles. The van der Waals surface area contributed by atoms with Gasteiger partial charge < -0.3 is 15.0 Å². The second-order valence-corrected chi connectivity index (χ2v) is 3.54. The number of benzene rings is 1. The van der Waals surface area contributed by atoms with Crippen LogP contribution in [-0.2, 0) is 7.05 Å². The maximum atomic E-state index is 13.3. The third kappa shape index (κ3) is 2.41. The Morgan fingerprint density at radius 3 is 2.88 bits per heavy atom. The van der Waals surface area contributed by atoms with Gasteiger partial charge in [0.15, 0.2) is 0 Å². The zero-order valence-corrected chi connectivity index (χ0v) is 9.01. The molecule has 0 atom stereocenters. The molecule has 0 spiro atoms. The van der Waals surface area contributed by atoms with Crippen molar-refractivity contribution in [1.29, 1.82) is 0 Å². The van der Waals surface area contributed by atoms with E-state index in [0.29, 0.717) is 0 Å². The highest BCUT2D eigenvalue weighted by atomic mass is 19.1. The zero-order chi connectivity index (χ0) is 12.4. The van der Waals surface area contributed by atoms with Crippen LogP contribution in [0.4, 0.5) is 10.1 Å². The lowest BCUT2D eigenvalue weighted by atomic mass is 10.3. The highest BCUT2D eigenvalue weighted by Crippen LogP contribution is 2.19. The Morgan fingerprint density at radius 1 is 1.53 bits per heavy atom. The monoisotopic (exact) mass is 235 g/mol. The van der Waals surface area contributed by atoms with E-state index in [2.05, 4.69) is 10.3 Å². The molecule has 1 amide bonds. The fraction of sp³-hybridized carbons (Fsp3) is 0.0909. The molecular formula is C11H10FN3O2. The van der Waals surface area contributed by atoms with Crippen molar-refractivity contribution in [2.75, 3.05) is 5.32 Å². The van der Waals surface area contributed by atoms with Crippen molar-refractivity contribution in [1.82, 2.24) is 9.55 Å². The highest BCUT2D eigenvalue weighted by molar-refractivity contribution is 6.02. The number of imidazole rings is 1. The van der Waals surface area contributed by atoms with Crippen molar-refractivity contribution in [3.8, 4) is 5.75 Å². The quantitative estimate of drug-likeness (QED) is 0.775. The number of phenols is 1. The Kier molecular flexibility index (Phi) is 2.78. The lowest BCUT2D eigenvalue weighted by Crippen LogP contribution is -2.13. The Bertz CT molecular complexity index is 566. The maximum absolute atomic E-state index is 13.3. The minimum atomic E-state index is -0.700. The molecule has 0 saturated heterocycles. The Balaban J connectivity index is 2.18. The summed E-state index contributed by atoms with van der Waals surface area (Å²) in [4.78, 5) is 15.5. The van der Waals surface area contributed by atoms with E-state index in [1.165, 1.54) is 24.7 Å². The molecule has 0 aliphatic heterocycles. The fourth-order valence-electron chi connectivity index (χ4n) is 1.32. The summed E-state index contributed by atoms with van der Waals surface area (Å²) in [7, 11) is 1.73.